The predicted octanol–water partition coefficient (Wildman–Crippen LogP) is 5.06. The SMILES string of the molecule is CCOC(=O)c1c(N)c(-c2ccc(Cl)cc2)c(F)c2ccccc12. The molecule has 2 N–H and O–H groups in total. The predicted molar refractivity (Wildman–Crippen MR) is 94.7 cm³/mol. The standard InChI is InChI=1S/C19H15ClFNO2/c1-2-24-19(23)16-13-5-3-4-6-14(13)17(21)15(18(16)22)11-7-9-12(20)10-8-11/h3-10H,2,22H2,1H3. The van der Waals surface area contributed by atoms with Gasteiger partial charge in [0, 0.05) is 21.4 Å². The topological polar surface area (TPSA) is 52.3 Å². The van der Waals surface area contributed by atoms with Crippen LogP contribution in [0.4, 0.5) is 10.1 Å². The number of carbonyl (C=O) groups excluding carboxylic acids is 1. The fourth-order valence-electron chi connectivity index (χ4n) is 2.74. The molecule has 0 saturated carbocycles. The summed E-state index contributed by atoms with van der Waals surface area (Å²) in [5.74, 6) is -1.04. The maximum atomic E-state index is 15.1. The van der Waals surface area contributed by atoms with Crippen molar-refractivity contribution >= 4 is 34.0 Å². The van der Waals surface area contributed by atoms with E-state index in [4.69, 9.17) is 22.1 Å². The minimum absolute atomic E-state index is 0.0620. The Labute approximate surface area is 143 Å². The zero-order valence-corrected chi connectivity index (χ0v) is 13.7. The van der Waals surface area contributed by atoms with Gasteiger partial charge in [0.2, 0.25) is 0 Å². The summed E-state index contributed by atoms with van der Waals surface area (Å²) in [4.78, 5) is 12.4. The second kappa shape index (κ2) is 6.49. The van der Waals surface area contributed by atoms with Gasteiger partial charge in [-0.25, -0.2) is 9.18 Å². The van der Waals surface area contributed by atoms with E-state index in [9.17, 15) is 4.79 Å². The molecule has 3 aromatic rings. The molecule has 3 aromatic carbocycles. The summed E-state index contributed by atoms with van der Waals surface area (Å²) in [5.41, 5.74) is 7.14. The lowest BCUT2D eigenvalue weighted by Crippen LogP contribution is -2.11. The summed E-state index contributed by atoms with van der Waals surface area (Å²) in [5, 5.41) is 1.28. The molecule has 5 heteroatoms. The van der Waals surface area contributed by atoms with Crippen LogP contribution in [0.5, 0.6) is 0 Å². The Balaban J connectivity index is 2.37. The molecule has 3 nitrogen and oxygen atoms in total. The summed E-state index contributed by atoms with van der Waals surface area (Å²) in [6, 6.07) is 13.3. The monoisotopic (exact) mass is 343 g/mol. The van der Waals surface area contributed by atoms with Gasteiger partial charge >= 0.3 is 5.97 Å². The number of esters is 1. The molecule has 0 bridgehead atoms. The second-order valence-corrected chi connectivity index (χ2v) is 5.69. The van der Waals surface area contributed by atoms with Crippen LogP contribution >= 0.6 is 11.6 Å². The number of nitrogens with two attached hydrogens (primary N) is 1. The number of ether oxygens (including phenoxy) is 1. The summed E-state index contributed by atoms with van der Waals surface area (Å²) in [6.45, 7) is 1.92. The zero-order valence-electron chi connectivity index (χ0n) is 13.0. The molecule has 122 valence electrons. The molecular weight excluding hydrogens is 329 g/mol. The molecular formula is C19H15ClFNO2. The molecule has 3 rings (SSSR count). The lowest BCUT2D eigenvalue weighted by atomic mass is 9.93. The molecule has 0 aromatic heterocycles. The summed E-state index contributed by atoms with van der Waals surface area (Å²) < 4.78 is 20.2. The van der Waals surface area contributed by atoms with E-state index in [1.165, 1.54) is 0 Å². The van der Waals surface area contributed by atoms with Gasteiger partial charge in [-0.1, -0.05) is 48.0 Å². The molecule has 0 unspecified atom stereocenters. The van der Waals surface area contributed by atoms with Crippen LogP contribution < -0.4 is 5.73 Å². The molecule has 0 saturated heterocycles. The van der Waals surface area contributed by atoms with Crippen molar-refractivity contribution in [3.8, 4) is 11.1 Å². The van der Waals surface area contributed by atoms with Crippen molar-refractivity contribution in [2.24, 2.45) is 0 Å². The van der Waals surface area contributed by atoms with Gasteiger partial charge < -0.3 is 10.5 Å². The molecule has 0 amide bonds. The first-order valence-corrected chi connectivity index (χ1v) is 7.85. The Hall–Kier alpha value is -2.59. The van der Waals surface area contributed by atoms with Crippen molar-refractivity contribution in [1.82, 2.24) is 0 Å². The van der Waals surface area contributed by atoms with Gasteiger partial charge in [0.25, 0.3) is 0 Å². The van der Waals surface area contributed by atoms with E-state index in [0.29, 0.717) is 21.4 Å². The van der Waals surface area contributed by atoms with Crippen molar-refractivity contribution in [2.45, 2.75) is 6.92 Å². The molecule has 0 heterocycles. The van der Waals surface area contributed by atoms with Crippen molar-refractivity contribution in [3.05, 3.63) is 64.9 Å². The van der Waals surface area contributed by atoms with Gasteiger partial charge in [-0.05, 0) is 24.6 Å². The van der Waals surface area contributed by atoms with Crippen molar-refractivity contribution in [1.29, 1.82) is 0 Å². The van der Waals surface area contributed by atoms with E-state index >= 15 is 4.39 Å². The third-order valence-corrected chi connectivity index (χ3v) is 4.06. The van der Waals surface area contributed by atoms with E-state index in [1.807, 2.05) is 0 Å². The zero-order chi connectivity index (χ0) is 17.3. The first kappa shape index (κ1) is 16.3. The van der Waals surface area contributed by atoms with Gasteiger partial charge in [-0.15, -0.1) is 0 Å². The highest BCUT2D eigenvalue weighted by atomic mass is 35.5. The Morgan fingerprint density at radius 2 is 1.75 bits per heavy atom. The average Bonchev–Trinajstić information content (AvgIpc) is 2.57. The number of hydrogen-bond donors (Lipinski definition) is 1. The lowest BCUT2D eigenvalue weighted by molar-refractivity contribution is 0.0530. The Kier molecular flexibility index (Phi) is 4.40. The van der Waals surface area contributed by atoms with Crippen molar-refractivity contribution in [2.75, 3.05) is 12.3 Å². The minimum Gasteiger partial charge on any atom is -0.462 e. The van der Waals surface area contributed by atoms with Crippen LogP contribution in [-0.4, -0.2) is 12.6 Å². The van der Waals surface area contributed by atoms with E-state index in [1.54, 1.807) is 55.5 Å². The Morgan fingerprint density at radius 1 is 1.12 bits per heavy atom. The van der Waals surface area contributed by atoms with Gasteiger partial charge in [-0.3, -0.25) is 0 Å². The first-order valence-electron chi connectivity index (χ1n) is 7.47. The van der Waals surface area contributed by atoms with Crippen LogP contribution in [0.3, 0.4) is 0 Å². The molecule has 0 atom stereocenters. The maximum Gasteiger partial charge on any atom is 0.340 e. The molecule has 0 radical (unpaired) electrons. The fourth-order valence-corrected chi connectivity index (χ4v) is 2.86. The van der Waals surface area contributed by atoms with Crippen LogP contribution in [0.15, 0.2) is 48.5 Å². The molecule has 0 fully saturated rings. The van der Waals surface area contributed by atoms with Gasteiger partial charge in [-0.2, -0.15) is 0 Å². The number of anilines is 1. The smallest absolute Gasteiger partial charge is 0.340 e. The number of carbonyl (C=O) groups is 1. The first-order chi connectivity index (χ1) is 11.5. The average molecular weight is 344 g/mol. The van der Waals surface area contributed by atoms with Crippen molar-refractivity contribution < 1.29 is 13.9 Å². The highest BCUT2D eigenvalue weighted by Gasteiger charge is 2.23. The summed E-state index contributed by atoms with van der Waals surface area (Å²) >= 11 is 5.90. The molecule has 0 aliphatic rings. The number of halogens is 2. The normalized spacial score (nSPS) is 10.8. The van der Waals surface area contributed by atoms with E-state index < -0.39 is 11.8 Å². The number of hydrogen-bond acceptors (Lipinski definition) is 3. The van der Waals surface area contributed by atoms with Crippen molar-refractivity contribution in [3.63, 3.8) is 0 Å². The Morgan fingerprint density at radius 3 is 2.38 bits per heavy atom. The molecule has 0 aliphatic heterocycles. The third-order valence-electron chi connectivity index (χ3n) is 3.80. The number of nitrogen functional groups attached to an aromatic ring is 1. The van der Waals surface area contributed by atoms with E-state index in [0.717, 1.165) is 0 Å². The summed E-state index contributed by atoms with van der Waals surface area (Å²) in [6.07, 6.45) is 0. The highest BCUT2D eigenvalue weighted by Crippen LogP contribution is 2.38. The second-order valence-electron chi connectivity index (χ2n) is 5.25. The van der Waals surface area contributed by atoms with Crippen LogP contribution in [0.2, 0.25) is 5.02 Å². The van der Waals surface area contributed by atoms with E-state index in [-0.39, 0.29) is 23.4 Å². The van der Waals surface area contributed by atoms with Crippen LogP contribution in [-0.2, 0) is 4.74 Å². The molecule has 0 spiro atoms. The highest BCUT2D eigenvalue weighted by molar-refractivity contribution is 6.30. The lowest BCUT2D eigenvalue weighted by Gasteiger charge is -2.16. The van der Waals surface area contributed by atoms with Gasteiger partial charge in [0.15, 0.2) is 0 Å². The van der Waals surface area contributed by atoms with E-state index in [2.05, 4.69) is 0 Å². The third kappa shape index (κ3) is 2.69. The largest absolute Gasteiger partial charge is 0.462 e. The minimum atomic E-state index is -0.568. The quantitative estimate of drug-likeness (QED) is 0.534. The Bertz CT molecular complexity index is 923. The van der Waals surface area contributed by atoms with Gasteiger partial charge in [0.1, 0.15) is 5.82 Å². The number of benzene rings is 3. The van der Waals surface area contributed by atoms with Gasteiger partial charge in [0.05, 0.1) is 17.9 Å². The van der Waals surface area contributed by atoms with Crippen LogP contribution in [0.1, 0.15) is 17.3 Å². The maximum absolute atomic E-state index is 15.1. The molecule has 24 heavy (non-hydrogen) atoms. The summed E-state index contributed by atoms with van der Waals surface area (Å²) in [7, 11) is 0. The molecule has 0 aliphatic carbocycles. The number of rotatable bonds is 3. The van der Waals surface area contributed by atoms with Crippen LogP contribution in [0, 0.1) is 5.82 Å². The van der Waals surface area contributed by atoms with Crippen LogP contribution in [0.25, 0.3) is 21.9 Å². The number of fused-ring (bicyclic) bond motifs is 1. The fraction of sp³-hybridized carbons (Fsp3) is 0.105.